The predicted octanol–water partition coefficient (Wildman–Crippen LogP) is 16.8. The zero-order chi connectivity index (χ0) is 35.9. The quantitative estimate of drug-likeness (QED) is 0.0812. The summed E-state index contributed by atoms with van der Waals surface area (Å²) in [5, 5.41) is 0. The third-order valence-corrected chi connectivity index (χ3v) is 15.4. The average Bonchev–Trinajstić information content (AvgIpc) is 3.14. The predicted molar refractivity (Wildman–Crippen MR) is 225 cm³/mol. The van der Waals surface area contributed by atoms with Gasteiger partial charge in [-0.1, -0.05) is 195 Å². The lowest BCUT2D eigenvalue weighted by Gasteiger charge is -2.35. The number of ether oxygens (including phenoxy) is 1. The molecule has 0 spiro atoms. The van der Waals surface area contributed by atoms with Crippen LogP contribution >= 0.6 is 0 Å². The lowest BCUT2D eigenvalue weighted by molar-refractivity contribution is -0.0573. The van der Waals surface area contributed by atoms with Crippen molar-refractivity contribution in [3.63, 3.8) is 0 Å². The van der Waals surface area contributed by atoms with Crippen LogP contribution in [0.3, 0.4) is 0 Å². The summed E-state index contributed by atoms with van der Waals surface area (Å²) in [5.41, 5.74) is 0. The molecule has 4 fully saturated rings. The van der Waals surface area contributed by atoms with Gasteiger partial charge in [0.25, 0.3) is 0 Å². The summed E-state index contributed by atoms with van der Waals surface area (Å²) in [6.45, 7) is 9.80. The first kappa shape index (κ1) is 43.7. The lowest BCUT2D eigenvalue weighted by atomic mass is 9.76. The smallest absolute Gasteiger partial charge is 0.0579 e. The van der Waals surface area contributed by atoms with E-state index in [1.54, 1.807) is 0 Å². The van der Waals surface area contributed by atoms with Gasteiger partial charge in [0, 0.05) is 0 Å². The molecule has 4 saturated carbocycles. The molecule has 0 aliphatic heterocycles. The van der Waals surface area contributed by atoms with E-state index >= 15 is 0 Å². The maximum atomic E-state index is 6.77. The minimum absolute atomic E-state index is 0.579. The Hall–Kier alpha value is -0.0400. The molecule has 300 valence electrons. The molecule has 0 aromatic rings. The SMILES string of the molecule is CCCCCCCC1CCC(CC(C)CCCC2CCC(OC3CCC(CCCC(C)CC4CCC(CCCCCCC)CC4)CC3)CC2)CC1. The number of rotatable bonds is 26. The molecular weight excluding hydrogens is 617 g/mol. The molecule has 0 aromatic carbocycles. The zero-order valence-electron chi connectivity index (χ0n) is 35.6. The fraction of sp³-hybridized carbons (Fsp3) is 1.00. The average molecular weight is 711 g/mol. The van der Waals surface area contributed by atoms with Crippen LogP contribution in [0.25, 0.3) is 0 Å². The molecular formula is C50H94O. The summed E-state index contributed by atoms with van der Waals surface area (Å²) in [4.78, 5) is 0. The van der Waals surface area contributed by atoms with Gasteiger partial charge in [0.2, 0.25) is 0 Å². The highest BCUT2D eigenvalue weighted by Gasteiger charge is 2.28. The van der Waals surface area contributed by atoms with Gasteiger partial charge >= 0.3 is 0 Å². The van der Waals surface area contributed by atoms with E-state index in [1.165, 1.54) is 231 Å². The van der Waals surface area contributed by atoms with E-state index in [1.807, 2.05) is 0 Å². The van der Waals surface area contributed by atoms with Gasteiger partial charge in [0.05, 0.1) is 12.2 Å². The summed E-state index contributed by atoms with van der Waals surface area (Å²) in [5.74, 6) is 8.09. The molecule has 0 aromatic heterocycles. The van der Waals surface area contributed by atoms with Crippen LogP contribution in [-0.2, 0) is 4.74 Å². The van der Waals surface area contributed by atoms with E-state index in [-0.39, 0.29) is 0 Å². The van der Waals surface area contributed by atoms with Gasteiger partial charge in [-0.05, 0) is 112 Å². The molecule has 2 atom stereocenters. The van der Waals surface area contributed by atoms with E-state index < -0.39 is 0 Å². The highest BCUT2D eigenvalue weighted by atomic mass is 16.5. The van der Waals surface area contributed by atoms with Gasteiger partial charge in [-0.25, -0.2) is 0 Å². The van der Waals surface area contributed by atoms with Gasteiger partial charge in [-0.15, -0.1) is 0 Å². The van der Waals surface area contributed by atoms with Crippen molar-refractivity contribution in [1.82, 2.24) is 0 Å². The Labute approximate surface area is 322 Å². The van der Waals surface area contributed by atoms with E-state index in [0.717, 1.165) is 47.3 Å². The van der Waals surface area contributed by atoms with Crippen molar-refractivity contribution >= 4 is 0 Å². The summed E-state index contributed by atoms with van der Waals surface area (Å²) in [6, 6.07) is 0. The first-order chi connectivity index (χ1) is 25.0. The van der Waals surface area contributed by atoms with Crippen molar-refractivity contribution in [3.05, 3.63) is 0 Å². The molecule has 1 heteroatoms. The molecule has 0 amide bonds. The van der Waals surface area contributed by atoms with E-state index in [2.05, 4.69) is 27.7 Å². The number of hydrogen-bond donors (Lipinski definition) is 0. The summed E-state index contributed by atoms with van der Waals surface area (Å²) in [7, 11) is 0. The minimum Gasteiger partial charge on any atom is -0.375 e. The van der Waals surface area contributed by atoms with Crippen molar-refractivity contribution in [1.29, 1.82) is 0 Å². The molecule has 4 rings (SSSR count). The van der Waals surface area contributed by atoms with Gasteiger partial charge in [0.1, 0.15) is 0 Å². The van der Waals surface area contributed by atoms with Crippen LogP contribution in [0, 0.1) is 47.3 Å². The maximum absolute atomic E-state index is 6.77. The molecule has 0 radical (unpaired) electrons. The Kier molecular flexibility index (Phi) is 22.9. The lowest BCUT2D eigenvalue weighted by Crippen LogP contribution is -2.29. The number of unbranched alkanes of at least 4 members (excludes halogenated alkanes) is 8. The summed E-state index contributed by atoms with van der Waals surface area (Å²) >= 11 is 0. The molecule has 4 aliphatic carbocycles. The molecule has 0 heterocycles. The normalized spacial score (nSPS) is 31.8. The Morgan fingerprint density at radius 2 is 0.647 bits per heavy atom. The maximum Gasteiger partial charge on any atom is 0.0579 e. The first-order valence-corrected chi connectivity index (χ1v) is 24.7. The standard InChI is InChI=1S/C50H94O/c1-5-7-9-11-13-19-43-23-27-47(28-24-43)39-41(3)17-15-21-45-31-35-49(36-32-45)51-50-37-33-46(34-38-50)22-16-18-42(4)40-48-29-25-44(26-30-48)20-14-12-10-8-6-2/h41-50H,5-40H2,1-4H3. The zero-order valence-corrected chi connectivity index (χ0v) is 35.6. The molecule has 51 heavy (non-hydrogen) atoms. The third-order valence-electron chi connectivity index (χ3n) is 15.4. The van der Waals surface area contributed by atoms with Crippen LogP contribution in [0.2, 0.25) is 0 Å². The van der Waals surface area contributed by atoms with Crippen LogP contribution in [0.1, 0.15) is 259 Å². The van der Waals surface area contributed by atoms with E-state index in [4.69, 9.17) is 4.74 Å². The molecule has 1 nitrogen and oxygen atoms in total. The van der Waals surface area contributed by atoms with Gasteiger partial charge in [-0.2, -0.15) is 0 Å². The third kappa shape index (κ3) is 18.9. The van der Waals surface area contributed by atoms with Crippen molar-refractivity contribution in [2.75, 3.05) is 0 Å². The first-order valence-electron chi connectivity index (χ1n) is 24.7. The second kappa shape index (κ2) is 26.7. The Morgan fingerprint density at radius 3 is 1.00 bits per heavy atom. The van der Waals surface area contributed by atoms with E-state index in [0.29, 0.717) is 12.2 Å². The Balaban J connectivity index is 0.935. The van der Waals surface area contributed by atoms with Crippen LogP contribution < -0.4 is 0 Å². The second-order valence-corrected chi connectivity index (χ2v) is 20.1. The highest BCUT2D eigenvalue weighted by Crippen LogP contribution is 2.39. The molecule has 0 bridgehead atoms. The molecule has 0 saturated heterocycles. The number of hydrogen-bond acceptors (Lipinski definition) is 1. The van der Waals surface area contributed by atoms with Gasteiger partial charge in [-0.3, -0.25) is 0 Å². The monoisotopic (exact) mass is 711 g/mol. The second-order valence-electron chi connectivity index (χ2n) is 20.1. The van der Waals surface area contributed by atoms with Crippen LogP contribution in [-0.4, -0.2) is 12.2 Å². The molecule has 0 N–H and O–H groups in total. The van der Waals surface area contributed by atoms with Gasteiger partial charge in [0.15, 0.2) is 0 Å². The minimum atomic E-state index is 0.579. The Bertz CT molecular complexity index is 722. The molecule has 4 aliphatic rings. The fourth-order valence-corrected chi connectivity index (χ4v) is 11.9. The summed E-state index contributed by atoms with van der Waals surface area (Å²) < 4.78 is 6.77. The van der Waals surface area contributed by atoms with E-state index in [9.17, 15) is 0 Å². The van der Waals surface area contributed by atoms with Crippen molar-refractivity contribution in [3.8, 4) is 0 Å². The van der Waals surface area contributed by atoms with Gasteiger partial charge < -0.3 is 4.74 Å². The highest BCUT2D eigenvalue weighted by molar-refractivity contribution is 4.80. The topological polar surface area (TPSA) is 9.23 Å². The largest absolute Gasteiger partial charge is 0.375 e. The van der Waals surface area contributed by atoms with Crippen molar-refractivity contribution in [2.24, 2.45) is 47.3 Å². The summed E-state index contributed by atoms with van der Waals surface area (Å²) in [6.07, 6.45) is 54.2. The van der Waals surface area contributed by atoms with Crippen LogP contribution in [0.4, 0.5) is 0 Å². The van der Waals surface area contributed by atoms with Crippen molar-refractivity contribution in [2.45, 2.75) is 271 Å². The van der Waals surface area contributed by atoms with Crippen LogP contribution in [0.15, 0.2) is 0 Å². The Morgan fingerprint density at radius 1 is 0.353 bits per heavy atom. The molecule has 2 unspecified atom stereocenters. The van der Waals surface area contributed by atoms with Crippen LogP contribution in [0.5, 0.6) is 0 Å². The van der Waals surface area contributed by atoms with Crippen molar-refractivity contribution < 1.29 is 4.74 Å². The fourth-order valence-electron chi connectivity index (χ4n) is 11.9.